The van der Waals surface area contributed by atoms with Crippen molar-refractivity contribution in [3.05, 3.63) is 70.5 Å². The first-order valence-corrected chi connectivity index (χ1v) is 9.94. The second-order valence-electron chi connectivity index (χ2n) is 8.15. The number of carbonyl (C=O) groups is 1. The van der Waals surface area contributed by atoms with Gasteiger partial charge in [0.15, 0.2) is 0 Å². The molecule has 0 radical (unpaired) electrons. The molecular weight excluding hydrogens is 373 g/mol. The van der Waals surface area contributed by atoms with E-state index in [-0.39, 0.29) is 30.6 Å². The van der Waals surface area contributed by atoms with Crippen LogP contribution in [0.25, 0.3) is 0 Å². The molecule has 0 aromatic heterocycles. The van der Waals surface area contributed by atoms with Crippen LogP contribution >= 0.6 is 0 Å². The van der Waals surface area contributed by atoms with Crippen LogP contribution in [0.3, 0.4) is 0 Å². The quantitative estimate of drug-likeness (QED) is 0.852. The zero-order valence-corrected chi connectivity index (χ0v) is 16.7. The average molecular weight is 399 g/mol. The molecule has 5 nitrogen and oxygen atoms in total. The lowest BCUT2D eigenvalue weighted by atomic mass is 9.74. The van der Waals surface area contributed by atoms with E-state index in [1.54, 1.807) is 4.90 Å². The zero-order chi connectivity index (χ0) is 20.6. The number of aryl methyl sites for hydroxylation is 2. The van der Waals surface area contributed by atoms with Crippen LogP contribution in [0.2, 0.25) is 0 Å². The molecule has 2 heterocycles. The summed E-state index contributed by atoms with van der Waals surface area (Å²) in [7, 11) is 0. The number of piperidine rings is 1. The third-order valence-electron chi connectivity index (χ3n) is 5.93. The number of nitrogens with zero attached hydrogens (tertiary/aromatic N) is 1. The maximum Gasteiger partial charge on any atom is 0.410 e. The van der Waals surface area contributed by atoms with E-state index >= 15 is 0 Å². The molecule has 2 unspecified atom stereocenters. The van der Waals surface area contributed by atoms with Gasteiger partial charge >= 0.3 is 6.09 Å². The van der Waals surface area contributed by atoms with Gasteiger partial charge in [0.1, 0.15) is 12.4 Å². The lowest BCUT2D eigenvalue weighted by molar-refractivity contribution is -0.137. The molecule has 1 N–H and O–H groups in total. The van der Waals surface area contributed by atoms with Crippen LogP contribution in [0.4, 0.5) is 9.18 Å². The Bertz CT molecular complexity index is 864. The summed E-state index contributed by atoms with van der Waals surface area (Å²) < 4.78 is 25.0. The monoisotopic (exact) mass is 399 g/mol. The minimum atomic E-state index is -1.13. The Balaban J connectivity index is 1.54. The fourth-order valence-corrected chi connectivity index (χ4v) is 4.92. The number of rotatable bonds is 3. The van der Waals surface area contributed by atoms with Crippen molar-refractivity contribution in [2.24, 2.45) is 0 Å². The predicted octanol–water partition coefficient (Wildman–Crippen LogP) is 3.83. The summed E-state index contributed by atoms with van der Waals surface area (Å²) in [6.07, 6.45) is 0.274. The maximum atomic E-state index is 13.8. The fraction of sp³-hybridized carbons (Fsp3) is 0.435. The second kappa shape index (κ2) is 7.76. The van der Waals surface area contributed by atoms with Crippen molar-refractivity contribution in [3.8, 4) is 0 Å². The van der Waals surface area contributed by atoms with Crippen molar-refractivity contribution in [1.29, 1.82) is 0 Å². The van der Waals surface area contributed by atoms with Crippen molar-refractivity contribution in [3.63, 3.8) is 0 Å². The first-order chi connectivity index (χ1) is 13.9. The number of hydrogen-bond acceptors (Lipinski definition) is 4. The van der Waals surface area contributed by atoms with Crippen molar-refractivity contribution < 1.29 is 23.8 Å². The highest BCUT2D eigenvalue weighted by atomic mass is 19.1. The number of benzene rings is 2. The van der Waals surface area contributed by atoms with Crippen LogP contribution in [0, 0.1) is 19.7 Å². The largest absolute Gasteiger partial charge is 0.445 e. The Morgan fingerprint density at radius 1 is 1.17 bits per heavy atom. The van der Waals surface area contributed by atoms with E-state index in [0.29, 0.717) is 26.1 Å². The number of amides is 1. The minimum absolute atomic E-state index is 0.205. The number of morpholine rings is 1. The molecule has 0 aliphatic carbocycles. The topological polar surface area (TPSA) is 59.0 Å². The van der Waals surface area contributed by atoms with Gasteiger partial charge in [0.05, 0.1) is 30.9 Å². The van der Waals surface area contributed by atoms with Crippen molar-refractivity contribution in [2.45, 2.75) is 51.0 Å². The van der Waals surface area contributed by atoms with E-state index in [1.807, 2.05) is 44.2 Å². The number of ether oxygens (including phenoxy) is 2. The minimum Gasteiger partial charge on any atom is -0.445 e. The molecule has 2 aromatic carbocycles. The summed E-state index contributed by atoms with van der Waals surface area (Å²) in [6, 6.07) is 11.9. The molecule has 0 saturated carbocycles. The lowest BCUT2D eigenvalue weighted by Gasteiger charge is -2.51. The molecule has 4 rings (SSSR count). The highest BCUT2D eigenvalue weighted by Crippen LogP contribution is 2.43. The third kappa shape index (κ3) is 3.87. The molecule has 0 spiro atoms. The third-order valence-corrected chi connectivity index (χ3v) is 5.93. The zero-order valence-electron chi connectivity index (χ0n) is 16.7. The standard InChI is InChI=1S/C23H26FNO4/c1-15-8-18(24)9-16(2)21(15)23(27)10-19-13-28-14-20(11-23)25(19)22(26)29-12-17-6-4-3-5-7-17/h3-9,19-20,27H,10-14H2,1-2H3. The Labute approximate surface area is 170 Å². The summed E-state index contributed by atoms with van der Waals surface area (Å²) in [5.74, 6) is -0.308. The van der Waals surface area contributed by atoms with Gasteiger partial charge in [0.2, 0.25) is 0 Å². The molecule has 1 amide bonds. The first kappa shape index (κ1) is 19.9. The number of carbonyl (C=O) groups excluding carboxylic acids is 1. The molecule has 2 aliphatic rings. The molecule has 2 fully saturated rings. The van der Waals surface area contributed by atoms with Crippen LogP contribution < -0.4 is 0 Å². The summed E-state index contributed by atoms with van der Waals surface area (Å²) in [5, 5.41) is 11.6. The summed E-state index contributed by atoms with van der Waals surface area (Å²) in [6.45, 7) is 4.53. The molecule has 154 valence electrons. The van der Waals surface area contributed by atoms with Gasteiger partial charge in [-0.1, -0.05) is 30.3 Å². The Morgan fingerprint density at radius 2 is 1.76 bits per heavy atom. The predicted molar refractivity (Wildman–Crippen MR) is 106 cm³/mol. The van der Waals surface area contributed by atoms with E-state index < -0.39 is 5.60 Å². The van der Waals surface area contributed by atoms with Gasteiger partial charge in [-0.15, -0.1) is 0 Å². The van der Waals surface area contributed by atoms with Gasteiger partial charge in [-0.3, -0.25) is 4.90 Å². The van der Waals surface area contributed by atoms with Crippen LogP contribution in [0.15, 0.2) is 42.5 Å². The van der Waals surface area contributed by atoms with Gasteiger partial charge in [0, 0.05) is 12.8 Å². The molecule has 2 atom stereocenters. The van der Waals surface area contributed by atoms with Crippen molar-refractivity contribution >= 4 is 6.09 Å². The molecule has 2 bridgehead atoms. The molecular formula is C23H26FNO4. The number of aliphatic hydroxyl groups is 1. The highest BCUT2D eigenvalue weighted by molar-refractivity contribution is 5.69. The number of hydrogen-bond donors (Lipinski definition) is 1. The molecule has 2 aromatic rings. The second-order valence-corrected chi connectivity index (χ2v) is 8.15. The van der Waals surface area contributed by atoms with E-state index in [4.69, 9.17) is 9.47 Å². The maximum absolute atomic E-state index is 13.8. The lowest BCUT2D eigenvalue weighted by Crippen LogP contribution is -2.62. The van der Waals surface area contributed by atoms with Gasteiger partial charge in [0.25, 0.3) is 0 Å². The normalized spacial score (nSPS) is 26.3. The smallest absolute Gasteiger partial charge is 0.410 e. The molecule has 2 aliphatic heterocycles. The van der Waals surface area contributed by atoms with Gasteiger partial charge < -0.3 is 14.6 Å². The Morgan fingerprint density at radius 3 is 2.34 bits per heavy atom. The first-order valence-electron chi connectivity index (χ1n) is 9.94. The highest BCUT2D eigenvalue weighted by Gasteiger charge is 2.50. The average Bonchev–Trinajstić information content (AvgIpc) is 2.65. The molecule has 2 saturated heterocycles. The Hall–Kier alpha value is -2.44. The van der Waals surface area contributed by atoms with Gasteiger partial charge in [-0.2, -0.15) is 0 Å². The van der Waals surface area contributed by atoms with Gasteiger partial charge in [-0.25, -0.2) is 9.18 Å². The van der Waals surface area contributed by atoms with Crippen LogP contribution in [-0.4, -0.2) is 41.4 Å². The van der Waals surface area contributed by atoms with Gasteiger partial charge in [-0.05, 0) is 48.2 Å². The van der Waals surface area contributed by atoms with E-state index in [1.165, 1.54) is 12.1 Å². The van der Waals surface area contributed by atoms with Crippen LogP contribution in [-0.2, 0) is 21.7 Å². The SMILES string of the molecule is Cc1cc(F)cc(C)c1C1(O)CC2COCC(C1)N2C(=O)OCc1ccccc1. The fourth-order valence-electron chi connectivity index (χ4n) is 4.92. The van der Waals surface area contributed by atoms with Crippen molar-refractivity contribution in [2.75, 3.05) is 13.2 Å². The van der Waals surface area contributed by atoms with Crippen LogP contribution in [0.1, 0.15) is 35.1 Å². The van der Waals surface area contributed by atoms with Crippen molar-refractivity contribution in [1.82, 2.24) is 4.90 Å². The van der Waals surface area contributed by atoms with E-state index in [9.17, 15) is 14.3 Å². The van der Waals surface area contributed by atoms with Crippen LogP contribution in [0.5, 0.6) is 0 Å². The Kier molecular flexibility index (Phi) is 5.32. The van der Waals surface area contributed by atoms with E-state index in [2.05, 4.69) is 0 Å². The van der Waals surface area contributed by atoms with E-state index in [0.717, 1.165) is 22.3 Å². The number of fused-ring (bicyclic) bond motifs is 2. The summed E-state index contributed by atoms with van der Waals surface area (Å²) in [5.41, 5.74) is 2.01. The molecule has 6 heteroatoms. The molecule has 29 heavy (non-hydrogen) atoms. The number of halogens is 1. The summed E-state index contributed by atoms with van der Waals surface area (Å²) in [4.78, 5) is 14.5. The summed E-state index contributed by atoms with van der Waals surface area (Å²) >= 11 is 0.